The van der Waals surface area contributed by atoms with E-state index < -0.39 is 5.60 Å². The quantitative estimate of drug-likeness (QED) is 0.931. The van der Waals surface area contributed by atoms with Crippen molar-refractivity contribution in [3.8, 4) is 0 Å². The van der Waals surface area contributed by atoms with Crippen molar-refractivity contribution in [2.45, 2.75) is 38.8 Å². The summed E-state index contributed by atoms with van der Waals surface area (Å²) in [6.07, 6.45) is 5.85. The van der Waals surface area contributed by atoms with Gasteiger partial charge in [-0.1, -0.05) is 13.5 Å². The van der Waals surface area contributed by atoms with Gasteiger partial charge < -0.3 is 5.11 Å². The van der Waals surface area contributed by atoms with Crippen LogP contribution in [0.4, 0.5) is 10.5 Å². The van der Waals surface area contributed by atoms with Crippen molar-refractivity contribution in [2.75, 3.05) is 4.90 Å². The van der Waals surface area contributed by atoms with Gasteiger partial charge in [-0.25, -0.2) is 4.79 Å². The SMILES string of the molecule is C=C1C(C2(O)CC2C)=CN(C(C)C)C(=O)N1c1cnn(C)c1. The molecular weight excluding hydrogens is 280 g/mol. The largest absolute Gasteiger partial charge is 0.385 e. The van der Waals surface area contributed by atoms with E-state index in [1.807, 2.05) is 20.8 Å². The van der Waals surface area contributed by atoms with Crippen molar-refractivity contribution in [3.05, 3.63) is 36.4 Å². The van der Waals surface area contributed by atoms with Crippen molar-refractivity contribution in [3.63, 3.8) is 0 Å². The number of urea groups is 1. The van der Waals surface area contributed by atoms with E-state index in [0.717, 1.165) is 5.57 Å². The standard InChI is InChI=1S/C16H22N4O2/c1-10(2)19-9-14(16(22)6-11(16)3)12(4)20(15(19)21)13-7-17-18(5)8-13/h7-11,22H,4,6H2,1-3,5H3. The summed E-state index contributed by atoms with van der Waals surface area (Å²) in [4.78, 5) is 16.0. The zero-order chi connectivity index (χ0) is 16.2. The van der Waals surface area contributed by atoms with Crippen LogP contribution in [0.2, 0.25) is 0 Å². The molecule has 0 saturated heterocycles. The maximum Gasteiger partial charge on any atom is 0.333 e. The Hall–Kier alpha value is -2.08. The van der Waals surface area contributed by atoms with Gasteiger partial charge in [0.05, 0.1) is 23.2 Å². The third-order valence-electron chi connectivity index (χ3n) is 4.51. The molecule has 1 N–H and O–H groups in total. The molecule has 0 bridgehead atoms. The highest BCUT2D eigenvalue weighted by Gasteiger charge is 2.55. The molecule has 6 heteroatoms. The summed E-state index contributed by atoms with van der Waals surface area (Å²) in [6, 6.07) is -0.180. The number of rotatable bonds is 3. The molecule has 3 rings (SSSR count). The first-order valence-electron chi connectivity index (χ1n) is 7.50. The molecule has 0 radical (unpaired) electrons. The van der Waals surface area contributed by atoms with Crippen molar-refractivity contribution in [2.24, 2.45) is 13.0 Å². The van der Waals surface area contributed by atoms with Crippen LogP contribution in [-0.2, 0) is 7.05 Å². The predicted octanol–water partition coefficient (Wildman–Crippen LogP) is 2.24. The van der Waals surface area contributed by atoms with Crippen molar-refractivity contribution < 1.29 is 9.90 Å². The fourth-order valence-electron chi connectivity index (χ4n) is 2.93. The van der Waals surface area contributed by atoms with Crippen LogP contribution >= 0.6 is 0 Å². The minimum absolute atomic E-state index is 0.00701. The number of anilines is 1. The zero-order valence-corrected chi connectivity index (χ0v) is 13.4. The van der Waals surface area contributed by atoms with Crippen molar-refractivity contribution in [1.29, 1.82) is 0 Å². The monoisotopic (exact) mass is 302 g/mol. The molecule has 1 fully saturated rings. The highest BCUT2D eigenvalue weighted by molar-refractivity contribution is 5.98. The first-order chi connectivity index (χ1) is 10.3. The van der Waals surface area contributed by atoms with Crippen LogP contribution < -0.4 is 4.90 Å². The average Bonchev–Trinajstić information content (AvgIpc) is 2.82. The van der Waals surface area contributed by atoms with Crippen molar-refractivity contribution >= 4 is 11.7 Å². The lowest BCUT2D eigenvalue weighted by Crippen LogP contribution is -2.48. The summed E-state index contributed by atoms with van der Waals surface area (Å²) in [5, 5.41) is 14.9. The molecule has 6 nitrogen and oxygen atoms in total. The summed E-state index contributed by atoms with van der Waals surface area (Å²) in [5.74, 6) is 0.175. The van der Waals surface area contributed by atoms with E-state index in [-0.39, 0.29) is 18.0 Å². The van der Waals surface area contributed by atoms with Gasteiger partial charge in [0.1, 0.15) is 0 Å². The van der Waals surface area contributed by atoms with Crippen molar-refractivity contribution in [1.82, 2.24) is 14.7 Å². The van der Waals surface area contributed by atoms with Gasteiger partial charge in [0.15, 0.2) is 0 Å². The van der Waals surface area contributed by atoms with Gasteiger partial charge in [0, 0.05) is 31.1 Å². The molecule has 2 atom stereocenters. The average molecular weight is 302 g/mol. The highest BCUT2D eigenvalue weighted by atomic mass is 16.3. The van der Waals surface area contributed by atoms with Crippen LogP contribution in [0.1, 0.15) is 27.2 Å². The van der Waals surface area contributed by atoms with Crippen LogP contribution in [0.25, 0.3) is 0 Å². The number of aromatic nitrogens is 2. The molecule has 2 aliphatic rings. The third kappa shape index (κ3) is 2.06. The van der Waals surface area contributed by atoms with Gasteiger partial charge in [0.2, 0.25) is 0 Å². The molecule has 0 aromatic carbocycles. The first kappa shape index (κ1) is 14.8. The second-order valence-corrected chi connectivity index (χ2v) is 6.51. The van der Waals surface area contributed by atoms with Crippen LogP contribution in [0, 0.1) is 5.92 Å². The fraction of sp³-hybridized carbons (Fsp3) is 0.500. The molecule has 2 amide bonds. The Bertz CT molecular complexity index is 675. The van der Waals surface area contributed by atoms with Gasteiger partial charge in [-0.15, -0.1) is 0 Å². The summed E-state index contributed by atoms with van der Waals surface area (Å²) in [6.45, 7) is 9.95. The summed E-state index contributed by atoms with van der Waals surface area (Å²) < 4.78 is 1.64. The lowest BCUT2D eigenvalue weighted by Gasteiger charge is -2.38. The number of carbonyl (C=O) groups excluding carboxylic acids is 1. The molecule has 2 heterocycles. The van der Waals surface area contributed by atoms with Crippen LogP contribution in [0.15, 0.2) is 36.4 Å². The predicted molar refractivity (Wildman–Crippen MR) is 84.0 cm³/mol. The number of aryl methyl sites for hydroxylation is 1. The zero-order valence-electron chi connectivity index (χ0n) is 13.4. The molecule has 118 valence electrons. The Labute approximate surface area is 130 Å². The lowest BCUT2D eigenvalue weighted by atomic mass is 10.0. The molecular formula is C16H22N4O2. The summed E-state index contributed by atoms with van der Waals surface area (Å²) in [7, 11) is 1.80. The Kier molecular flexibility index (Phi) is 3.18. The van der Waals surface area contributed by atoms with Gasteiger partial charge in [-0.05, 0) is 26.2 Å². The Morgan fingerprint density at radius 3 is 2.59 bits per heavy atom. The smallest absolute Gasteiger partial charge is 0.333 e. The molecule has 1 aliphatic carbocycles. The van der Waals surface area contributed by atoms with Gasteiger partial charge in [-0.2, -0.15) is 5.10 Å². The van der Waals surface area contributed by atoms with Gasteiger partial charge in [-0.3, -0.25) is 14.5 Å². The Morgan fingerprint density at radius 1 is 1.50 bits per heavy atom. The molecule has 2 unspecified atom stereocenters. The van der Waals surface area contributed by atoms with E-state index in [1.54, 1.807) is 35.2 Å². The van der Waals surface area contributed by atoms with E-state index in [9.17, 15) is 9.90 Å². The van der Waals surface area contributed by atoms with E-state index in [4.69, 9.17) is 0 Å². The number of hydrogen-bond donors (Lipinski definition) is 1. The number of carbonyl (C=O) groups is 1. The number of amides is 2. The molecule has 0 spiro atoms. The van der Waals surface area contributed by atoms with Gasteiger partial charge >= 0.3 is 6.03 Å². The van der Waals surface area contributed by atoms with E-state index >= 15 is 0 Å². The molecule has 1 aromatic rings. The Balaban J connectivity index is 2.07. The molecule has 1 aromatic heterocycles. The number of nitrogens with zero attached hydrogens (tertiary/aromatic N) is 4. The fourth-order valence-corrected chi connectivity index (χ4v) is 2.93. The van der Waals surface area contributed by atoms with Crippen LogP contribution in [0.5, 0.6) is 0 Å². The number of hydrogen-bond acceptors (Lipinski definition) is 3. The summed E-state index contributed by atoms with van der Waals surface area (Å²) >= 11 is 0. The van der Waals surface area contributed by atoms with E-state index in [1.165, 1.54) is 4.90 Å². The number of aliphatic hydroxyl groups is 1. The van der Waals surface area contributed by atoms with E-state index in [0.29, 0.717) is 17.8 Å². The normalized spacial score (nSPS) is 28.5. The maximum absolute atomic E-state index is 12.8. The van der Waals surface area contributed by atoms with E-state index in [2.05, 4.69) is 11.7 Å². The van der Waals surface area contributed by atoms with Gasteiger partial charge in [0.25, 0.3) is 0 Å². The van der Waals surface area contributed by atoms with Crippen LogP contribution in [-0.4, -0.2) is 37.5 Å². The highest BCUT2D eigenvalue weighted by Crippen LogP contribution is 2.52. The molecule has 22 heavy (non-hydrogen) atoms. The second-order valence-electron chi connectivity index (χ2n) is 6.51. The second kappa shape index (κ2) is 4.71. The maximum atomic E-state index is 12.8. The third-order valence-corrected chi connectivity index (χ3v) is 4.51. The minimum Gasteiger partial charge on any atom is -0.385 e. The van der Waals surface area contributed by atoms with Crippen LogP contribution in [0.3, 0.4) is 0 Å². The minimum atomic E-state index is -0.884. The summed E-state index contributed by atoms with van der Waals surface area (Å²) in [5.41, 5.74) is 1.02. The lowest BCUT2D eigenvalue weighted by molar-refractivity contribution is 0.166. The Morgan fingerprint density at radius 2 is 2.14 bits per heavy atom. The topological polar surface area (TPSA) is 61.6 Å². The molecule has 1 aliphatic heterocycles. The molecule has 1 saturated carbocycles. The first-order valence-corrected chi connectivity index (χ1v) is 7.50.